The van der Waals surface area contributed by atoms with Crippen molar-refractivity contribution < 1.29 is 18.9 Å². The van der Waals surface area contributed by atoms with Crippen LogP contribution in [0.4, 0.5) is 11.5 Å². The molecule has 7 heteroatoms. The van der Waals surface area contributed by atoms with Gasteiger partial charge in [0, 0.05) is 29.3 Å². The van der Waals surface area contributed by atoms with E-state index < -0.39 is 0 Å². The Balaban J connectivity index is 2.04. The summed E-state index contributed by atoms with van der Waals surface area (Å²) in [5.74, 6) is 3.06. The van der Waals surface area contributed by atoms with Crippen molar-refractivity contribution in [2.75, 3.05) is 33.8 Å². The summed E-state index contributed by atoms with van der Waals surface area (Å²) in [4.78, 5) is 8.62. The minimum absolute atomic E-state index is 0.535. The quantitative estimate of drug-likeness (QED) is 0.736. The van der Waals surface area contributed by atoms with Gasteiger partial charge in [0.2, 0.25) is 5.75 Å². The van der Waals surface area contributed by atoms with Crippen molar-refractivity contribution >= 4 is 22.4 Å². The fourth-order valence-corrected chi connectivity index (χ4v) is 2.55. The first-order valence-electron chi connectivity index (χ1n) is 7.56. The van der Waals surface area contributed by atoms with Gasteiger partial charge in [0.05, 0.1) is 34.0 Å². The highest BCUT2D eigenvalue weighted by Gasteiger charge is 2.14. The van der Waals surface area contributed by atoms with Gasteiger partial charge >= 0.3 is 0 Å². The molecule has 130 valence electrons. The largest absolute Gasteiger partial charge is 0.497 e. The first-order chi connectivity index (χ1) is 12.2. The van der Waals surface area contributed by atoms with Crippen LogP contribution < -0.4 is 24.3 Å². The third-order valence-corrected chi connectivity index (χ3v) is 3.77. The number of rotatable bonds is 6. The van der Waals surface area contributed by atoms with Crippen LogP contribution >= 0.6 is 0 Å². The second kappa shape index (κ2) is 7.12. The number of benzene rings is 2. The zero-order chi connectivity index (χ0) is 17.8. The molecule has 3 aromatic rings. The molecule has 0 amide bonds. The van der Waals surface area contributed by atoms with Crippen molar-refractivity contribution in [3.8, 4) is 23.0 Å². The number of hydrogen-bond donors (Lipinski definition) is 1. The van der Waals surface area contributed by atoms with Crippen molar-refractivity contribution in [3.05, 3.63) is 36.7 Å². The van der Waals surface area contributed by atoms with Gasteiger partial charge in [-0.15, -0.1) is 0 Å². The summed E-state index contributed by atoms with van der Waals surface area (Å²) >= 11 is 0. The number of ether oxygens (including phenoxy) is 4. The summed E-state index contributed by atoms with van der Waals surface area (Å²) in [6.07, 6.45) is 1.50. The van der Waals surface area contributed by atoms with Crippen LogP contribution in [0.2, 0.25) is 0 Å². The van der Waals surface area contributed by atoms with Crippen LogP contribution in [0, 0.1) is 0 Å². The molecule has 0 bridgehead atoms. The van der Waals surface area contributed by atoms with E-state index in [1.165, 1.54) is 6.33 Å². The maximum absolute atomic E-state index is 5.38. The lowest BCUT2D eigenvalue weighted by Crippen LogP contribution is -2.00. The van der Waals surface area contributed by atoms with Crippen LogP contribution in [0.3, 0.4) is 0 Å². The van der Waals surface area contributed by atoms with Crippen molar-refractivity contribution in [2.24, 2.45) is 0 Å². The molecule has 1 N–H and O–H groups in total. The Labute approximate surface area is 145 Å². The highest BCUT2D eigenvalue weighted by atomic mass is 16.5. The van der Waals surface area contributed by atoms with E-state index in [4.69, 9.17) is 18.9 Å². The maximum atomic E-state index is 5.38. The Morgan fingerprint density at radius 3 is 2.12 bits per heavy atom. The molecule has 0 aliphatic rings. The lowest BCUT2D eigenvalue weighted by Gasteiger charge is -2.15. The lowest BCUT2D eigenvalue weighted by atomic mass is 10.2. The van der Waals surface area contributed by atoms with Crippen molar-refractivity contribution in [1.82, 2.24) is 9.97 Å². The second-order valence-corrected chi connectivity index (χ2v) is 5.14. The Kier molecular flexibility index (Phi) is 4.74. The molecule has 3 rings (SSSR count). The van der Waals surface area contributed by atoms with E-state index in [1.807, 2.05) is 30.3 Å². The molecule has 0 aliphatic heterocycles. The average Bonchev–Trinajstić information content (AvgIpc) is 2.66. The van der Waals surface area contributed by atoms with Gasteiger partial charge in [-0.25, -0.2) is 9.97 Å². The van der Waals surface area contributed by atoms with E-state index in [-0.39, 0.29) is 0 Å². The van der Waals surface area contributed by atoms with Crippen molar-refractivity contribution in [1.29, 1.82) is 0 Å². The van der Waals surface area contributed by atoms with Crippen LogP contribution in [0.5, 0.6) is 23.0 Å². The molecule has 1 aromatic heterocycles. The fraction of sp³-hybridized carbons (Fsp3) is 0.222. The summed E-state index contributed by atoms with van der Waals surface area (Å²) in [5.41, 5.74) is 1.54. The summed E-state index contributed by atoms with van der Waals surface area (Å²) in [6, 6.07) is 9.27. The smallest absolute Gasteiger partial charge is 0.203 e. The van der Waals surface area contributed by atoms with Gasteiger partial charge in [0.15, 0.2) is 11.5 Å². The molecule has 0 unspecified atom stereocenters. The summed E-state index contributed by atoms with van der Waals surface area (Å²) < 4.78 is 21.3. The van der Waals surface area contributed by atoms with Gasteiger partial charge in [-0.05, 0) is 12.1 Å². The Morgan fingerprint density at radius 1 is 0.800 bits per heavy atom. The van der Waals surface area contributed by atoms with E-state index >= 15 is 0 Å². The molecule has 1 heterocycles. The van der Waals surface area contributed by atoms with E-state index in [2.05, 4.69) is 15.3 Å². The molecule has 0 saturated heterocycles. The predicted molar refractivity (Wildman–Crippen MR) is 95.5 cm³/mol. The molecule has 2 aromatic carbocycles. The van der Waals surface area contributed by atoms with Gasteiger partial charge in [-0.1, -0.05) is 0 Å². The zero-order valence-electron chi connectivity index (χ0n) is 14.5. The molecule has 0 spiro atoms. The van der Waals surface area contributed by atoms with E-state index in [9.17, 15) is 0 Å². The second-order valence-electron chi connectivity index (χ2n) is 5.14. The van der Waals surface area contributed by atoms with Crippen LogP contribution in [-0.4, -0.2) is 38.4 Å². The minimum atomic E-state index is 0.535. The normalized spacial score (nSPS) is 10.4. The average molecular weight is 341 g/mol. The standard InChI is InChI=1S/C18H19N3O4/c1-22-12-5-6-13-14(9-12)19-10-20-18(13)21-11-7-15(23-2)17(25-4)16(8-11)24-3/h5-10H,1-4H3,(H,19,20,21). The number of hydrogen-bond acceptors (Lipinski definition) is 7. The molecular weight excluding hydrogens is 322 g/mol. The molecule has 0 radical (unpaired) electrons. The monoisotopic (exact) mass is 341 g/mol. The molecule has 0 saturated carbocycles. The van der Waals surface area contributed by atoms with Gasteiger partial charge in [0.1, 0.15) is 17.9 Å². The summed E-state index contributed by atoms with van der Waals surface area (Å²) in [7, 11) is 6.34. The maximum Gasteiger partial charge on any atom is 0.203 e. The summed E-state index contributed by atoms with van der Waals surface area (Å²) in [5, 5.41) is 4.15. The number of aromatic nitrogens is 2. The minimum Gasteiger partial charge on any atom is -0.497 e. The van der Waals surface area contributed by atoms with Crippen molar-refractivity contribution in [2.45, 2.75) is 0 Å². The number of anilines is 2. The van der Waals surface area contributed by atoms with E-state index in [1.54, 1.807) is 28.4 Å². The zero-order valence-corrected chi connectivity index (χ0v) is 14.5. The Bertz CT molecular complexity index is 874. The molecule has 0 fully saturated rings. The fourth-order valence-electron chi connectivity index (χ4n) is 2.55. The lowest BCUT2D eigenvalue weighted by molar-refractivity contribution is 0.324. The number of methoxy groups -OCH3 is 4. The van der Waals surface area contributed by atoms with E-state index in [0.717, 1.165) is 22.3 Å². The molecule has 0 aliphatic carbocycles. The molecular formula is C18H19N3O4. The Morgan fingerprint density at radius 2 is 1.52 bits per heavy atom. The van der Waals surface area contributed by atoms with Gasteiger partial charge in [-0.2, -0.15) is 0 Å². The first-order valence-corrected chi connectivity index (χ1v) is 7.56. The molecule has 7 nitrogen and oxygen atoms in total. The SMILES string of the molecule is COc1ccc2c(Nc3cc(OC)c(OC)c(OC)c3)ncnc2c1. The third-order valence-electron chi connectivity index (χ3n) is 3.77. The molecule has 0 atom stereocenters. The van der Waals surface area contributed by atoms with Gasteiger partial charge in [0.25, 0.3) is 0 Å². The topological polar surface area (TPSA) is 74.7 Å². The number of nitrogens with zero attached hydrogens (tertiary/aromatic N) is 2. The van der Waals surface area contributed by atoms with Crippen LogP contribution in [0.25, 0.3) is 10.9 Å². The first kappa shape index (κ1) is 16.6. The van der Waals surface area contributed by atoms with Gasteiger partial charge < -0.3 is 24.3 Å². The highest BCUT2D eigenvalue weighted by Crippen LogP contribution is 2.40. The van der Waals surface area contributed by atoms with Crippen LogP contribution in [-0.2, 0) is 0 Å². The van der Waals surface area contributed by atoms with E-state index in [0.29, 0.717) is 23.1 Å². The molecule has 25 heavy (non-hydrogen) atoms. The number of nitrogens with one attached hydrogen (secondary N) is 1. The van der Waals surface area contributed by atoms with Crippen LogP contribution in [0.1, 0.15) is 0 Å². The third kappa shape index (κ3) is 3.21. The number of fused-ring (bicyclic) bond motifs is 1. The van der Waals surface area contributed by atoms with Crippen molar-refractivity contribution in [3.63, 3.8) is 0 Å². The predicted octanol–water partition coefficient (Wildman–Crippen LogP) is 3.41. The highest BCUT2D eigenvalue weighted by molar-refractivity contribution is 5.91. The van der Waals surface area contributed by atoms with Crippen LogP contribution in [0.15, 0.2) is 36.7 Å². The Hall–Kier alpha value is -3.22. The summed E-state index contributed by atoms with van der Waals surface area (Å²) in [6.45, 7) is 0. The van der Waals surface area contributed by atoms with Gasteiger partial charge in [-0.3, -0.25) is 0 Å².